The van der Waals surface area contributed by atoms with Crippen molar-refractivity contribution in [3.8, 4) is 0 Å². The quantitative estimate of drug-likeness (QED) is 0.678. The third-order valence-electron chi connectivity index (χ3n) is 5.64. The van der Waals surface area contributed by atoms with Gasteiger partial charge in [0.05, 0.1) is 6.54 Å². The summed E-state index contributed by atoms with van der Waals surface area (Å²) < 4.78 is 0. The smallest absolute Gasteiger partial charge is 0.236 e. The molecule has 0 aromatic rings. The third kappa shape index (κ3) is 8.99. The van der Waals surface area contributed by atoms with Gasteiger partial charge in [0.2, 0.25) is 11.8 Å². The van der Waals surface area contributed by atoms with Gasteiger partial charge < -0.3 is 15.1 Å². The molecule has 2 fully saturated rings. The molecule has 0 spiro atoms. The average Bonchev–Trinajstić information content (AvgIpc) is 2.87. The van der Waals surface area contributed by atoms with Crippen LogP contribution in [0.4, 0.5) is 0 Å². The summed E-state index contributed by atoms with van der Waals surface area (Å²) in [5.41, 5.74) is 0. The SMILES string of the molecule is CCN(CC)C(=O)CN1CCCN(C(=O)CCC2CCNCC2)CC1.Cl.Cl. The van der Waals surface area contributed by atoms with E-state index in [4.69, 9.17) is 0 Å². The molecule has 2 saturated heterocycles. The van der Waals surface area contributed by atoms with E-state index in [1.807, 2.05) is 23.6 Å². The van der Waals surface area contributed by atoms with E-state index < -0.39 is 0 Å². The normalized spacial score (nSPS) is 18.8. The maximum Gasteiger partial charge on any atom is 0.236 e. The van der Waals surface area contributed by atoms with Crippen molar-refractivity contribution in [3.05, 3.63) is 0 Å². The molecule has 0 atom stereocenters. The van der Waals surface area contributed by atoms with Crippen LogP contribution in [-0.4, -0.2) is 85.4 Å². The van der Waals surface area contributed by atoms with Crippen LogP contribution in [-0.2, 0) is 9.59 Å². The van der Waals surface area contributed by atoms with Gasteiger partial charge in [0, 0.05) is 45.7 Å². The Bertz CT molecular complexity index is 430. The number of carbonyl (C=O) groups is 2. The molecule has 160 valence electrons. The van der Waals surface area contributed by atoms with Gasteiger partial charge in [0.1, 0.15) is 0 Å². The molecule has 0 bridgehead atoms. The molecule has 2 heterocycles. The van der Waals surface area contributed by atoms with Crippen molar-refractivity contribution in [2.45, 2.75) is 46.0 Å². The highest BCUT2D eigenvalue weighted by Gasteiger charge is 2.22. The molecule has 6 nitrogen and oxygen atoms in total. The van der Waals surface area contributed by atoms with Gasteiger partial charge in [-0.3, -0.25) is 14.5 Å². The lowest BCUT2D eigenvalue weighted by atomic mass is 9.93. The first-order chi connectivity index (χ1) is 12.1. The molecule has 2 aliphatic rings. The number of nitrogens with one attached hydrogen (secondary N) is 1. The molecular weight excluding hydrogens is 387 g/mol. The van der Waals surface area contributed by atoms with E-state index in [9.17, 15) is 9.59 Å². The lowest BCUT2D eigenvalue weighted by Crippen LogP contribution is -2.42. The molecule has 2 amide bonds. The van der Waals surface area contributed by atoms with Gasteiger partial charge in [0.15, 0.2) is 0 Å². The Balaban J connectivity index is 0.00000338. The number of piperidine rings is 1. The Kier molecular flexibility index (Phi) is 14.1. The summed E-state index contributed by atoms with van der Waals surface area (Å²) in [5, 5.41) is 3.38. The molecule has 0 aromatic carbocycles. The van der Waals surface area contributed by atoms with Crippen LogP contribution in [0.25, 0.3) is 0 Å². The minimum Gasteiger partial charge on any atom is -0.342 e. The number of rotatable bonds is 7. The molecule has 1 N–H and O–H groups in total. The van der Waals surface area contributed by atoms with Gasteiger partial charge >= 0.3 is 0 Å². The van der Waals surface area contributed by atoms with Crippen molar-refractivity contribution in [1.29, 1.82) is 0 Å². The van der Waals surface area contributed by atoms with Crippen LogP contribution in [0.5, 0.6) is 0 Å². The fraction of sp³-hybridized carbons (Fsp3) is 0.895. The Labute approximate surface area is 177 Å². The summed E-state index contributed by atoms with van der Waals surface area (Å²) in [7, 11) is 0. The zero-order valence-corrected chi connectivity index (χ0v) is 18.6. The average molecular weight is 425 g/mol. The van der Waals surface area contributed by atoms with Crippen molar-refractivity contribution in [2.75, 3.05) is 58.9 Å². The zero-order chi connectivity index (χ0) is 18.1. The molecule has 0 radical (unpaired) electrons. The van der Waals surface area contributed by atoms with Crippen molar-refractivity contribution in [1.82, 2.24) is 20.0 Å². The summed E-state index contributed by atoms with van der Waals surface area (Å²) in [6, 6.07) is 0. The molecule has 0 unspecified atom stereocenters. The highest BCUT2D eigenvalue weighted by atomic mass is 35.5. The van der Waals surface area contributed by atoms with Crippen molar-refractivity contribution < 1.29 is 9.59 Å². The van der Waals surface area contributed by atoms with E-state index in [-0.39, 0.29) is 30.7 Å². The number of hydrogen-bond donors (Lipinski definition) is 1. The first kappa shape index (κ1) is 26.4. The maximum absolute atomic E-state index is 12.5. The van der Waals surface area contributed by atoms with E-state index in [2.05, 4.69) is 10.2 Å². The summed E-state index contributed by atoms with van der Waals surface area (Å²) in [6.45, 7) is 11.6. The van der Waals surface area contributed by atoms with Crippen molar-refractivity contribution >= 4 is 36.6 Å². The second kappa shape index (κ2) is 14.4. The van der Waals surface area contributed by atoms with Gasteiger partial charge in [-0.2, -0.15) is 0 Å². The number of nitrogens with zero attached hydrogens (tertiary/aromatic N) is 3. The fourth-order valence-corrected chi connectivity index (χ4v) is 3.90. The van der Waals surface area contributed by atoms with Crippen molar-refractivity contribution in [3.63, 3.8) is 0 Å². The maximum atomic E-state index is 12.5. The molecule has 27 heavy (non-hydrogen) atoms. The second-order valence-electron chi connectivity index (χ2n) is 7.31. The number of hydrogen-bond acceptors (Lipinski definition) is 4. The van der Waals surface area contributed by atoms with Gasteiger partial charge in [0.25, 0.3) is 0 Å². The molecule has 2 rings (SSSR count). The van der Waals surface area contributed by atoms with Crippen LogP contribution in [0.1, 0.15) is 46.0 Å². The van der Waals surface area contributed by atoms with Crippen LogP contribution >= 0.6 is 24.8 Å². The Morgan fingerprint density at radius 3 is 2.30 bits per heavy atom. The second-order valence-corrected chi connectivity index (χ2v) is 7.31. The topological polar surface area (TPSA) is 55.9 Å². The number of amides is 2. The monoisotopic (exact) mass is 424 g/mol. The molecule has 2 aliphatic heterocycles. The summed E-state index contributed by atoms with van der Waals surface area (Å²) >= 11 is 0. The lowest BCUT2D eigenvalue weighted by Gasteiger charge is -2.26. The standard InChI is InChI=1S/C19H36N4O2.2ClH/c1-3-22(4-2)19(25)16-21-12-5-13-23(15-14-21)18(24)7-6-17-8-10-20-11-9-17;;/h17,20H,3-16H2,1-2H3;2*1H. The van der Waals surface area contributed by atoms with Crippen LogP contribution < -0.4 is 5.32 Å². The van der Waals surface area contributed by atoms with E-state index in [1.54, 1.807) is 0 Å². The Morgan fingerprint density at radius 1 is 1.00 bits per heavy atom. The van der Waals surface area contributed by atoms with Crippen molar-refractivity contribution in [2.24, 2.45) is 5.92 Å². The van der Waals surface area contributed by atoms with E-state index in [1.165, 1.54) is 12.8 Å². The summed E-state index contributed by atoms with van der Waals surface area (Å²) in [4.78, 5) is 30.9. The predicted molar refractivity (Wildman–Crippen MR) is 115 cm³/mol. The Hall–Kier alpha value is -0.560. The fourth-order valence-electron chi connectivity index (χ4n) is 3.90. The molecule has 0 saturated carbocycles. The number of halogens is 2. The highest BCUT2D eigenvalue weighted by Crippen LogP contribution is 2.18. The summed E-state index contributed by atoms with van der Waals surface area (Å²) in [6.07, 6.45) is 5.08. The van der Waals surface area contributed by atoms with E-state index in [0.717, 1.165) is 65.2 Å². The minimum absolute atomic E-state index is 0. The number of carbonyl (C=O) groups excluding carboxylic acids is 2. The van der Waals surface area contributed by atoms with Gasteiger partial charge in [-0.1, -0.05) is 0 Å². The van der Waals surface area contributed by atoms with Gasteiger partial charge in [-0.05, 0) is 58.5 Å². The number of likely N-dealkylation sites (N-methyl/N-ethyl adjacent to an activating group) is 1. The van der Waals surface area contributed by atoms with Crippen LogP contribution in [0.3, 0.4) is 0 Å². The third-order valence-corrected chi connectivity index (χ3v) is 5.64. The van der Waals surface area contributed by atoms with Crippen LogP contribution in [0.2, 0.25) is 0 Å². The van der Waals surface area contributed by atoms with Gasteiger partial charge in [-0.25, -0.2) is 0 Å². The first-order valence-corrected chi connectivity index (χ1v) is 10.1. The van der Waals surface area contributed by atoms with Crippen LogP contribution in [0, 0.1) is 5.92 Å². The lowest BCUT2D eigenvalue weighted by molar-refractivity contribution is -0.132. The Morgan fingerprint density at radius 2 is 1.67 bits per heavy atom. The van der Waals surface area contributed by atoms with Gasteiger partial charge in [-0.15, -0.1) is 24.8 Å². The first-order valence-electron chi connectivity index (χ1n) is 10.1. The van der Waals surface area contributed by atoms with E-state index >= 15 is 0 Å². The predicted octanol–water partition coefficient (Wildman–Crippen LogP) is 2.01. The minimum atomic E-state index is 0. The van der Waals surface area contributed by atoms with E-state index in [0.29, 0.717) is 24.8 Å². The zero-order valence-electron chi connectivity index (χ0n) is 17.0. The largest absolute Gasteiger partial charge is 0.342 e. The molecule has 0 aliphatic carbocycles. The molecule has 8 heteroatoms. The van der Waals surface area contributed by atoms with Crippen LogP contribution in [0.15, 0.2) is 0 Å². The molecule has 0 aromatic heterocycles. The molecular formula is C19H38Cl2N4O2. The highest BCUT2D eigenvalue weighted by molar-refractivity contribution is 5.85. The summed E-state index contributed by atoms with van der Waals surface area (Å²) in [5.74, 6) is 1.21.